The quantitative estimate of drug-likeness (QED) is 0.329. The fourth-order valence-corrected chi connectivity index (χ4v) is 6.33. The van der Waals surface area contributed by atoms with Crippen molar-refractivity contribution in [3.8, 4) is 0 Å². The Labute approximate surface area is 93.4 Å². The summed E-state index contributed by atoms with van der Waals surface area (Å²) < 4.78 is 0. The van der Waals surface area contributed by atoms with Crippen molar-refractivity contribution in [1.82, 2.24) is 0 Å². The second-order valence-electron chi connectivity index (χ2n) is 4.26. The maximum atomic E-state index is 6.31. The molecule has 0 aromatic heterocycles. The van der Waals surface area contributed by atoms with Crippen molar-refractivity contribution >= 4 is 28.9 Å². The molecule has 0 saturated heterocycles. The molecule has 3 heteroatoms. The first-order valence-electron chi connectivity index (χ1n) is 5.36. The Kier molecular flexibility index (Phi) is 7.57. The van der Waals surface area contributed by atoms with E-state index in [4.69, 9.17) is 22.2 Å². The summed E-state index contributed by atoms with van der Waals surface area (Å²) in [6.07, 6.45) is 5.12. The summed E-state index contributed by atoms with van der Waals surface area (Å²) in [4.78, 5) is 0. The third-order valence-corrected chi connectivity index (χ3v) is 6.66. The van der Waals surface area contributed by atoms with Crippen LogP contribution in [0.2, 0.25) is 12.1 Å². The SMILES string of the molecule is CCCCCC[Si](Cl)(Cl)CC(C)C. The van der Waals surface area contributed by atoms with Crippen molar-refractivity contribution < 1.29 is 0 Å². The molecule has 0 fully saturated rings. The number of halogens is 2. The van der Waals surface area contributed by atoms with Gasteiger partial charge in [0.05, 0.1) is 0 Å². The second kappa shape index (κ2) is 7.14. The maximum absolute atomic E-state index is 6.31. The fraction of sp³-hybridized carbons (Fsp3) is 1.00. The zero-order valence-electron chi connectivity index (χ0n) is 9.08. The summed E-state index contributed by atoms with van der Waals surface area (Å²) in [7, 11) is 0. The Balaban J connectivity index is 3.50. The molecule has 0 atom stereocenters. The van der Waals surface area contributed by atoms with Gasteiger partial charge in [-0.25, -0.2) is 0 Å². The summed E-state index contributed by atoms with van der Waals surface area (Å²) in [6, 6.07) is 2.12. The van der Waals surface area contributed by atoms with Crippen molar-refractivity contribution in [1.29, 1.82) is 0 Å². The molecule has 0 amide bonds. The molecule has 80 valence electrons. The zero-order chi connectivity index (χ0) is 10.3. The Morgan fingerprint density at radius 1 is 1.08 bits per heavy atom. The minimum absolute atomic E-state index is 0.646. The minimum Gasteiger partial charge on any atom is -0.146 e. The van der Waals surface area contributed by atoms with Crippen LogP contribution in [-0.2, 0) is 0 Å². The van der Waals surface area contributed by atoms with E-state index in [0.29, 0.717) is 5.92 Å². The summed E-state index contributed by atoms with van der Waals surface area (Å²) in [5, 5.41) is 0. The normalized spacial score (nSPS) is 12.5. The van der Waals surface area contributed by atoms with E-state index >= 15 is 0 Å². The van der Waals surface area contributed by atoms with Crippen LogP contribution in [0.3, 0.4) is 0 Å². The minimum atomic E-state index is -1.87. The molecule has 0 N–H and O–H groups in total. The molecular formula is C10H22Cl2Si. The van der Waals surface area contributed by atoms with Gasteiger partial charge in [-0.15, -0.1) is 22.2 Å². The third-order valence-electron chi connectivity index (χ3n) is 2.10. The van der Waals surface area contributed by atoms with Crippen LogP contribution in [0.1, 0.15) is 46.5 Å². The van der Waals surface area contributed by atoms with Crippen LogP contribution < -0.4 is 0 Å². The fourth-order valence-electron chi connectivity index (χ4n) is 1.51. The van der Waals surface area contributed by atoms with Crippen LogP contribution in [0.15, 0.2) is 0 Å². The molecule has 0 rings (SSSR count). The molecule has 0 radical (unpaired) electrons. The molecule has 13 heavy (non-hydrogen) atoms. The maximum Gasteiger partial charge on any atom is 0.251 e. The molecule has 0 nitrogen and oxygen atoms in total. The lowest BCUT2D eigenvalue weighted by molar-refractivity contribution is 0.688. The largest absolute Gasteiger partial charge is 0.251 e. The van der Waals surface area contributed by atoms with Gasteiger partial charge in [0.1, 0.15) is 0 Å². The van der Waals surface area contributed by atoms with Gasteiger partial charge in [0, 0.05) is 0 Å². The third kappa shape index (κ3) is 9.11. The molecule has 0 saturated carbocycles. The Morgan fingerprint density at radius 2 is 1.69 bits per heavy atom. The molecule has 0 spiro atoms. The van der Waals surface area contributed by atoms with E-state index in [-0.39, 0.29) is 0 Å². The molecule has 0 aliphatic carbocycles. The zero-order valence-corrected chi connectivity index (χ0v) is 11.6. The van der Waals surface area contributed by atoms with Gasteiger partial charge in [0.15, 0.2) is 0 Å². The number of hydrogen-bond acceptors (Lipinski definition) is 0. The van der Waals surface area contributed by atoms with Gasteiger partial charge in [-0.05, 0) is 18.0 Å². The van der Waals surface area contributed by atoms with Crippen molar-refractivity contribution in [3.05, 3.63) is 0 Å². The topological polar surface area (TPSA) is 0 Å². The second-order valence-corrected chi connectivity index (χ2v) is 11.8. The van der Waals surface area contributed by atoms with Crippen molar-refractivity contribution in [3.63, 3.8) is 0 Å². The van der Waals surface area contributed by atoms with Gasteiger partial charge < -0.3 is 0 Å². The molecule has 0 aromatic rings. The summed E-state index contributed by atoms with van der Waals surface area (Å²) in [5.74, 6) is 0.646. The molecule has 0 bridgehead atoms. The summed E-state index contributed by atoms with van der Waals surface area (Å²) in [5.41, 5.74) is 0. The summed E-state index contributed by atoms with van der Waals surface area (Å²) >= 11 is 12.6. The number of rotatable bonds is 7. The van der Waals surface area contributed by atoms with Gasteiger partial charge in [0.2, 0.25) is 0 Å². The van der Waals surface area contributed by atoms with Crippen LogP contribution in [0.4, 0.5) is 0 Å². The Hall–Kier alpha value is 0.797. The monoisotopic (exact) mass is 240 g/mol. The lowest BCUT2D eigenvalue weighted by atomic mass is 10.2. The lowest BCUT2D eigenvalue weighted by Crippen LogP contribution is -2.20. The van der Waals surface area contributed by atoms with Gasteiger partial charge in [-0.3, -0.25) is 0 Å². The first-order valence-corrected chi connectivity index (χ1v) is 9.79. The Morgan fingerprint density at radius 3 is 2.15 bits per heavy atom. The molecule has 0 aromatic carbocycles. The van der Waals surface area contributed by atoms with Gasteiger partial charge in [-0.1, -0.05) is 46.5 Å². The number of unbranched alkanes of at least 4 members (excludes halogenated alkanes) is 3. The van der Waals surface area contributed by atoms with E-state index in [9.17, 15) is 0 Å². The highest BCUT2D eigenvalue weighted by Crippen LogP contribution is 2.31. The molecular weight excluding hydrogens is 219 g/mol. The van der Waals surface area contributed by atoms with Crippen LogP contribution in [0, 0.1) is 5.92 Å². The van der Waals surface area contributed by atoms with Gasteiger partial charge >= 0.3 is 0 Å². The first-order chi connectivity index (χ1) is 5.98. The van der Waals surface area contributed by atoms with Gasteiger partial charge in [0.25, 0.3) is 6.69 Å². The van der Waals surface area contributed by atoms with Gasteiger partial charge in [-0.2, -0.15) is 0 Å². The smallest absolute Gasteiger partial charge is 0.146 e. The van der Waals surface area contributed by atoms with Crippen molar-refractivity contribution in [2.45, 2.75) is 58.5 Å². The average molecular weight is 241 g/mol. The van der Waals surface area contributed by atoms with Crippen LogP contribution >= 0.6 is 22.2 Å². The van der Waals surface area contributed by atoms with Crippen LogP contribution in [-0.4, -0.2) is 6.69 Å². The molecule has 0 heterocycles. The highest BCUT2D eigenvalue weighted by molar-refractivity contribution is 7.45. The van der Waals surface area contributed by atoms with Crippen molar-refractivity contribution in [2.24, 2.45) is 5.92 Å². The van der Waals surface area contributed by atoms with E-state index in [0.717, 1.165) is 12.1 Å². The number of hydrogen-bond donors (Lipinski definition) is 0. The van der Waals surface area contributed by atoms with Crippen molar-refractivity contribution in [2.75, 3.05) is 0 Å². The standard InChI is InChI=1S/C10H22Cl2Si/c1-4-5-6-7-8-13(11,12)9-10(2)3/h10H,4-9H2,1-3H3. The molecule has 0 unspecified atom stereocenters. The van der Waals surface area contributed by atoms with E-state index < -0.39 is 6.69 Å². The average Bonchev–Trinajstić information content (AvgIpc) is 1.95. The van der Waals surface area contributed by atoms with E-state index in [2.05, 4.69) is 20.8 Å². The van der Waals surface area contributed by atoms with E-state index in [1.54, 1.807) is 0 Å². The highest BCUT2D eigenvalue weighted by atomic mass is 35.7. The molecule has 0 aliphatic heterocycles. The highest BCUT2D eigenvalue weighted by Gasteiger charge is 2.28. The molecule has 0 aliphatic rings. The predicted molar refractivity (Wildman–Crippen MR) is 66.1 cm³/mol. The van der Waals surface area contributed by atoms with Crippen LogP contribution in [0.25, 0.3) is 0 Å². The van der Waals surface area contributed by atoms with E-state index in [1.165, 1.54) is 25.7 Å². The predicted octanol–water partition coefficient (Wildman–Crippen LogP) is 5.14. The lowest BCUT2D eigenvalue weighted by Gasteiger charge is -2.18. The first kappa shape index (κ1) is 13.8. The van der Waals surface area contributed by atoms with Crippen LogP contribution in [0.5, 0.6) is 0 Å². The van der Waals surface area contributed by atoms with E-state index in [1.807, 2.05) is 0 Å². The Bertz CT molecular complexity index is 124. The summed E-state index contributed by atoms with van der Waals surface area (Å²) in [6.45, 7) is 4.74.